The molecule has 0 amide bonds. The highest BCUT2D eigenvalue weighted by Gasteiger charge is 1.99. The van der Waals surface area contributed by atoms with E-state index >= 15 is 0 Å². The fourth-order valence-corrected chi connectivity index (χ4v) is 2.33. The number of benzene rings is 1. The molecule has 0 atom stereocenters. The summed E-state index contributed by atoms with van der Waals surface area (Å²) < 4.78 is 7.66. The Morgan fingerprint density at radius 1 is 1.12 bits per heavy atom. The zero-order valence-electron chi connectivity index (χ0n) is 14.4. The van der Waals surface area contributed by atoms with Crippen molar-refractivity contribution in [1.29, 1.82) is 0 Å². The highest BCUT2D eigenvalue weighted by atomic mass is 127. The van der Waals surface area contributed by atoms with Gasteiger partial charge in [-0.15, -0.1) is 24.0 Å². The van der Waals surface area contributed by atoms with Crippen LogP contribution in [0.25, 0.3) is 0 Å². The first-order valence-corrected chi connectivity index (χ1v) is 8.09. The van der Waals surface area contributed by atoms with Gasteiger partial charge in [-0.2, -0.15) is 0 Å². The minimum atomic E-state index is 0. The first-order chi connectivity index (χ1) is 11.3. The topological polar surface area (TPSA) is 50.6 Å². The summed E-state index contributed by atoms with van der Waals surface area (Å²) in [5, 5.41) is 6.66. The van der Waals surface area contributed by atoms with Crippen LogP contribution in [0, 0.1) is 0 Å². The Morgan fingerprint density at radius 3 is 2.58 bits per heavy atom. The number of aromatic nitrogens is 1. The second-order valence-corrected chi connectivity index (χ2v) is 5.18. The average molecular weight is 442 g/mol. The number of nitrogens with one attached hydrogen (secondary N) is 2. The van der Waals surface area contributed by atoms with Crippen LogP contribution in [0.2, 0.25) is 0 Å². The number of halogens is 1. The van der Waals surface area contributed by atoms with E-state index in [1.807, 2.05) is 31.2 Å². The van der Waals surface area contributed by atoms with Crippen LogP contribution < -0.4 is 15.4 Å². The van der Waals surface area contributed by atoms with Crippen LogP contribution >= 0.6 is 24.0 Å². The van der Waals surface area contributed by atoms with Crippen LogP contribution in [-0.4, -0.2) is 37.3 Å². The summed E-state index contributed by atoms with van der Waals surface area (Å²) in [6, 6.07) is 12.3. The van der Waals surface area contributed by atoms with Crippen LogP contribution in [0.4, 0.5) is 0 Å². The van der Waals surface area contributed by atoms with Crippen molar-refractivity contribution in [3.63, 3.8) is 0 Å². The van der Waals surface area contributed by atoms with E-state index < -0.39 is 0 Å². The number of nitrogens with zero attached hydrogens (tertiary/aromatic N) is 2. The molecule has 0 spiro atoms. The molecule has 24 heavy (non-hydrogen) atoms. The monoisotopic (exact) mass is 442 g/mol. The second kappa shape index (κ2) is 11.8. The van der Waals surface area contributed by atoms with Gasteiger partial charge >= 0.3 is 0 Å². The molecule has 0 unspecified atom stereocenters. The predicted molar refractivity (Wildman–Crippen MR) is 111 cm³/mol. The molecule has 0 saturated carbocycles. The maximum absolute atomic E-state index is 5.52. The molecule has 1 heterocycles. The third-order valence-electron chi connectivity index (χ3n) is 3.47. The summed E-state index contributed by atoms with van der Waals surface area (Å²) in [5.41, 5.74) is 1.26. The minimum Gasteiger partial charge on any atom is -0.494 e. The molecular weight excluding hydrogens is 415 g/mol. The standard InChI is InChI=1S/C18H26N4O.HI/c1-3-23-17-8-6-7-16(15-17)9-10-20-18(19-2)21-11-14-22-12-4-5-13-22;/h4-8,12-13,15H,3,9-11,14H2,1-2H3,(H2,19,20,21);1H. The maximum atomic E-state index is 5.52. The average Bonchev–Trinajstić information content (AvgIpc) is 3.07. The summed E-state index contributed by atoms with van der Waals surface area (Å²) in [5.74, 6) is 1.76. The van der Waals surface area contributed by atoms with Crippen molar-refractivity contribution in [2.45, 2.75) is 19.9 Å². The molecule has 0 fully saturated rings. The van der Waals surface area contributed by atoms with Crippen molar-refractivity contribution < 1.29 is 4.74 Å². The van der Waals surface area contributed by atoms with Crippen molar-refractivity contribution in [2.24, 2.45) is 4.99 Å². The molecule has 0 aliphatic carbocycles. The van der Waals surface area contributed by atoms with Gasteiger partial charge in [-0.3, -0.25) is 4.99 Å². The second-order valence-electron chi connectivity index (χ2n) is 5.18. The Bertz CT molecular complexity index is 599. The lowest BCUT2D eigenvalue weighted by Gasteiger charge is -2.12. The highest BCUT2D eigenvalue weighted by Crippen LogP contribution is 2.13. The van der Waals surface area contributed by atoms with E-state index in [2.05, 4.69) is 44.7 Å². The van der Waals surface area contributed by atoms with Crippen molar-refractivity contribution in [3.05, 3.63) is 54.4 Å². The minimum absolute atomic E-state index is 0. The molecular formula is C18H27IN4O. The molecule has 0 saturated heterocycles. The van der Waals surface area contributed by atoms with Crippen LogP contribution in [-0.2, 0) is 13.0 Å². The van der Waals surface area contributed by atoms with E-state index in [0.717, 1.165) is 37.8 Å². The van der Waals surface area contributed by atoms with Crippen molar-refractivity contribution >= 4 is 29.9 Å². The Balaban J connectivity index is 0.00000288. The van der Waals surface area contributed by atoms with Crippen LogP contribution in [0.3, 0.4) is 0 Å². The fraction of sp³-hybridized carbons (Fsp3) is 0.389. The maximum Gasteiger partial charge on any atom is 0.191 e. The van der Waals surface area contributed by atoms with Gasteiger partial charge in [-0.1, -0.05) is 12.1 Å². The molecule has 2 N–H and O–H groups in total. The van der Waals surface area contributed by atoms with Crippen molar-refractivity contribution in [3.8, 4) is 5.75 Å². The SMILES string of the molecule is CCOc1cccc(CCNC(=NC)NCCn2cccc2)c1.I. The van der Waals surface area contributed by atoms with E-state index in [4.69, 9.17) is 4.74 Å². The molecule has 0 aliphatic heterocycles. The van der Waals surface area contributed by atoms with E-state index in [9.17, 15) is 0 Å². The summed E-state index contributed by atoms with van der Waals surface area (Å²) in [4.78, 5) is 4.25. The van der Waals surface area contributed by atoms with Crippen LogP contribution in [0.15, 0.2) is 53.8 Å². The van der Waals surface area contributed by atoms with E-state index in [0.29, 0.717) is 6.61 Å². The number of hydrogen-bond donors (Lipinski definition) is 2. The van der Waals surface area contributed by atoms with Crippen molar-refractivity contribution in [1.82, 2.24) is 15.2 Å². The number of ether oxygens (including phenoxy) is 1. The molecule has 2 rings (SSSR count). The van der Waals surface area contributed by atoms with Gasteiger partial charge in [0.05, 0.1) is 6.61 Å². The number of aliphatic imine (C=N–C) groups is 1. The highest BCUT2D eigenvalue weighted by molar-refractivity contribution is 14.0. The van der Waals surface area contributed by atoms with E-state index in [-0.39, 0.29) is 24.0 Å². The fourth-order valence-electron chi connectivity index (χ4n) is 2.33. The summed E-state index contributed by atoms with van der Waals surface area (Å²) in [6.45, 7) is 5.29. The third-order valence-corrected chi connectivity index (χ3v) is 3.47. The molecule has 2 aromatic rings. The van der Waals surface area contributed by atoms with Gasteiger partial charge in [-0.05, 0) is 43.2 Å². The molecule has 0 bridgehead atoms. The molecule has 0 radical (unpaired) electrons. The van der Waals surface area contributed by atoms with E-state index in [1.54, 1.807) is 7.05 Å². The predicted octanol–water partition coefficient (Wildman–Crippen LogP) is 2.91. The lowest BCUT2D eigenvalue weighted by molar-refractivity contribution is 0.340. The van der Waals surface area contributed by atoms with Crippen molar-refractivity contribution in [2.75, 3.05) is 26.7 Å². The molecule has 132 valence electrons. The quantitative estimate of drug-likeness (QED) is 0.376. The molecule has 1 aromatic heterocycles. The van der Waals surface area contributed by atoms with Gasteiger partial charge in [-0.25, -0.2) is 0 Å². The lowest BCUT2D eigenvalue weighted by Crippen LogP contribution is -2.39. The zero-order chi connectivity index (χ0) is 16.3. The van der Waals surface area contributed by atoms with E-state index in [1.165, 1.54) is 5.56 Å². The molecule has 6 heteroatoms. The Hall–Kier alpha value is -1.70. The Kier molecular flexibility index (Phi) is 9.98. The first-order valence-electron chi connectivity index (χ1n) is 8.09. The Morgan fingerprint density at radius 2 is 1.88 bits per heavy atom. The molecule has 1 aromatic carbocycles. The van der Waals surface area contributed by atoms with Crippen LogP contribution in [0.5, 0.6) is 5.75 Å². The van der Waals surface area contributed by atoms with Gasteiger partial charge in [0, 0.05) is 39.1 Å². The lowest BCUT2D eigenvalue weighted by atomic mass is 10.1. The third kappa shape index (κ3) is 7.25. The molecule has 0 aliphatic rings. The van der Waals surface area contributed by atoms with Gasteiger partial charge in [0.2, 0.25) is 0 Å². The first kappa shape index (κ1) is 20.3. The van der Waals surface area contributed by atoms with Gasteiger partial charge in [0.15, 0.2) is 5.96 Å². The van der Waals surface area contributed by atoms with Gasteiger partial charge < -0.3 is 19.9 Å². The van der Waals surface area contributed by atoms with Gasteiger partial charge in [0.25, 0.3) is 0 Å². The largest absolute Gasteiger partial charge is 0.494 e. The number of hydrogen-bond acceptors (Lipinski definition) is 2. The summed E-state index contributed by atoms with van der Waals surface area (Å²) >= 11 is 0. The number of guanidine groups is 1. The summed E-state index contributed by atoms with van der Waals surface area (Å²) in [6.07, 6.45) is 5.05. The zero-order valence-corrected chi connectivity index (χ0v) is 16.7. The van der Waals surface area contributed by atoms with Gasteiger partial charge in [0.1, 0.15) is 5.75 Å². The smallest absolute Gasteiger partial charge is 0.191 e. The summed E-state index contributed by atoms with van der Waals surface area (Å²) in [7, 11) is 1.79. The Labute approximate surface area is 161 Å². The normalized spacial score (nSPS) is 10.8. The molecule has 5 nitrogen and oxygen atoms in total. The number of rotatable bonds is 8. The van der Waals surface area contributed by atoms with Crippen LogP contribution in [0.1, 0.15) is 12.5 Å².